The number of nitrogens with one attached hydrogen (secondary N) is 1. The van der Waals surface area contributed by atoms with Gasteiger partial charge in [0.15, 0.2) is 0 Å². The molecular formula is C18H19NO3. The first-order chi connectivity index (χ1) is 10.5. The number of carbonyl (C=O) groups excluding carboxylic acids is 1. The Kier molecular flexibility index (Phi) is 4.94. The fourth-order valence-electron chi connectivity index (χ4n) is 2.32. The minimum absolute atomic E-state index is 0.0959. The topological polar surface area (TPSA) is 66.4 Å². The fraction of sp³-hybridized carbons (Fsp3) is 0.222. The molecule has 2 aromatic rings. The fourth-order valence-corrected chi connectivity index (χ4v) is 2.32. The molecule has 0 saturated heterocycles. The number of carboxylic acids is 1. The summed E-state index contributed by atoms with van der Waals surface area (Å²) in [5.41, 5.74) is 2.67. The first kappa shape index (κ1) is 15.8. The predicted octanol–water partition coefficient (Wildman–Crippen LogP) is 3.51. The van der Waals surface area contributed by atoms with Gasteiger partial charge in [0.05, 0.1) is 11.3 Å². The van der Waals surface area contributed by atoms with Crippen LogP contribution in [0.3, 0.4) is 0 Å². The highest BCUT2D eigenvalue weighted by molar-refractivity contribution is 6.01. The van der Waals surface area contributed by atoms with Crippen LogP contribution in [0.4, 0.5) is 5.69 Å². The SMILES string of the molecule is Cc1cccc(CC(C)C(=O)Nc2ccccc2C(=O)O)c1. The van der Waals surface area contributed by atoms with Gasteiger partial charge in [0.2, 0.25) is 5.91 Å². The second kappa shape index (κ2) is 6.89. The molecule has 114 valence electrons. The number of hydrogen-bond donors (Lipinski definition) is 2. The second-order valence-electron chi connectivity index (χ2n) is 5.43. The second-order valence-corrected chi connectivity index (χ2v) is 5.43. The van der Waals surface area contributed by atoms with Crippen molar-refractivity contribution in [1.29, 1.82) is 0 Å². The van der Waals surface area contributed by atoms with Gasteiger partial charge in [-0.15, -0.1) is 0 Å². The van der Waals surface area contributed by atoms with Crippen LogP contribution in [0.5, 0.6) is 0 Å². The van der Waals surface area contributed by atoms with Crippen LogP contribution in [-0.2, 0) is 11.2 Å². The average molecular weight is 297 g/mol. The molecule has 0 radical (unpaired) electrons. The molecule has 0 aliphatic rings. The maximum Gasteiger partial charge on any atom is 0.337 e. The number of carbonyl (C=O) groups is 2. The molecule has 0 bridgehead atoms. The number of aromatic carboxylic acids is 1. The van der Waals surface area contributed by atoms with E-state index in [0.717, 1.165) is 11.1 Å². The molecule has 0 aliphatic carbocycles. The number of amides is 1. The Morgan fingerprint density at radius 1 is 1.14 bits per heavy atom. The number of aryl methyl sites for hydroxylation is 1. The summed E-state index contributed by atoms with van der Waals surface area (Å²) in [6, 6.07) is 14.4. The molecule has 2 rings (SSSR count). The van der Waals surface area contributed by atoms with Crippen molar-refractivity contribution >= 4 is 17.6 Å². The van der Waals surface area contributed by atoms with Crippen LogP contribution in [0.25, 0.3) is 0 Å². The van der Waals surface area contributed by atoms with Crippen molar-refractivity contribution in [2.24, 2.45) is 5.92 Å². The first-order valence-electron chi connectivity index (χ1n) is 7.16. The van der Waals surface area contributed by atoms with Crippen molar-refractivity contribution in [2.75, 3.05) is 5.32 Å². The standard InChI is InChI=1S/C18H19NO3/c1-12-6-5-7-14(10-12)11-13(2)17(20)19-16-9-4-3-8-15(16)18(21)22/h3-10,13H,11H2,1-2H3,(H,19,20)(H,21,22). The van der Waals surface area contributed by atoms with Gasteiger partial charge in [0, 0.05) is 5.92 Å². The van der Waals surface area contributed by atoms with Crippen LogP contribution in [0.1, 0.15) is 28.4 Å². The molecule has 4 nitrogen and oxygen atoms in total. The molecule has 2 N–H and O–H groups in total. The summed E-state index contributed by atoms with van der Waals surface area (Å²) in [7, 11) is 0. The number of hydrogen-bond acceptors (Lipinski definition) is 2. The summed E-state index contributed by atoms with van der Waals surface area (Å²) in [6.07, 6.45) is 0.614. The monoisotopic (exact) mass is 297 g/mol. The van der Waals surface area contributed by atoms with Gasteiger partial charge in [-0.1, -0.05) is 48.9 Å². The highest BCUT2D eigenvalue weighted by Crippen LogP contribution is 2.17. The normalized spacial score (nSPS) is 11.7. The lowest BCUT2D eigenvalue weighted by Gasteiger charge is -2.14. The number of benzene rings is 2. The minimum Gasteiger partial charge on any atom is -0.478 e. The van der Waals surface area contributed by atoms with E-state index in [1.54, 1.807) is 18.2 Å². The van der Waals surface area contributed by atoms with Crippen LogP contribution in [0, 0.1) is 12.8 Å². The highest BCUT2D eigenvalue weighted by Gasteiger charge is 2.17. The van der Waals surface area contributed by atoms with E-state index < -0.39 is 5.97 Å². The maximum absolute atomic E-state index is 12.3. The van der Waals surface area contributed by atoms with E-state index >= 15 is 0 Å². The lowest BCUT2D eigenvalue weighted by Crippen LogP contribution is -2.23. The van der Waals surface area contributed by atoms with Crippen LogP contribution in [0.15, 0.2) is 48.5 Å². The molecule has 4 heteroatoms. The summed E-state index contributed by atoms with van der Waals surface area (Å²) in [5, 5.41) is 11.8. The van der Waals surface area contributed by atoms with E-state index in [9.17, 15) is 9.59 Å². The Morgan fingerprint density at radius 2 is 1.86 bits per heavy atom. The first-order valence-corrected chi connectivity index (χ1v) is 7.16. The highest BCUT2D eigenvalue weighted by atomic mass is 16.4. The van der Waals surface area contributed by atoms with Crippen molar-refractivity contribution in [3.63, 3.8) is 0 Å². The molecule has 1 atom stereocenters. The molecule has 0 spiro atoms. The van der Waals surface area contributed by atoms with Crippen LogP contribution < -0.4 is 5.32 Å². The lowest BCUT2D eigenvalue weighted by molar-refractivity contribution is -0.119. The molecule has 1 unspecified atom stereocenters. The summed E-state index contributed by atoms with van der Waals surface area (Å²) >= 11 is 0. The minimum atomic E-state index is -1.05. The predicted molar refractivity (Wildman–Crippen MR) is 86.1 cm³/mol. The molecule has 0 saturated carbocycles. The van der Waals surface area contributed by atoms with Crippen molar-refractivity contribution in [1.82, 2.24) is 0 Å². The van der Waals surface area contributed by atoms with E-state index in [1.165, 1.54) is 6.07 Å². The Hall–Kier alpha value is -2.62. The summed E-state index contributed by atoms with van der Waals surface area (Å²) in [4.78, 5) is 23.4. The van der Waals surface area contributed by atoms with Crippen LogP contribution >= 0.6 is 0 Å². The van der Waals surface area contributed by atoms with Crippen molar-refractivity contribution < 1.29 is 14.7 Å². The van der Waals surface area contributed by atoms with Gasteiger partial charge in [-0.3, -0.25) is 4.79 Å². The smallest absolute Gasteiger partial charge is 0.337 e. The van der Waals surface area contributed by atoms with Gasteiger partial charge in [0.1, 0.15) is 0 Å². The largest absolute Gasteiger partial charge is 0.478 e. The van der Waals surface area contributed by atoms with Gasteiger partial charge >= 0.3 is 5.97 Å². The Bertz CT molecular complexity index is 694. The summed E-state index contributed by atoms with van der Waals surface area (Å²) < 4.78 is 0. The Balaban J connectivity index is 2.07. The average Bonchev–Trinajstić information content (AvgIpc) is 2.47. The summed E-state index contributed by atoms with van der Waals surface area (Å²) in [5.74, 6) is -1.49. The van der Waals surface area contributed by atoms with E-state index in [0.29, 0.717) is 12.1 Å². The van der Waals surface area contributed by atoms with Gasteiger partial charge in [0.25, 0.3) is 0 Å². The van der Waals surface area contributed by atoms with Crippen molar-refractivity contribution in [2.45, 2.75) is 20.3 Å². The molecule has 2 aromatic carbocycles. The van der Waals surface area contributed by atoms with E-state index in [-0.39, 0.29) is 17.4 Å². The van der Waals surface area contributed by atoms with E-state index in [2.05, 4.69) is 11.4 Å². The van der Waals surface area contributed by atoms with Gasteiger partial charge in [-0.25, -0.2) is 4.79 Å². The molecule has 0 aromatic heterocycles. The quantitative estimate of drug-likeness (QED) is 0.887. The number of carboxylic acid groups (broad SMARTS) is 1. The van der Waals surface area contributed by atoms with Gasteiger partial charge in [-0.05, 0) is 31.0 Å². The lowest BCUT2D eigenvalue weighted by atomic mass is 9.99. The molecule has 0 aliphatic heterocycles. The zero-order valence-corrected chi connectivity index (χ0v) is 12.7. The molecule has 0 heterocycles. The zero-order chi connectivity index (χ0) is 16.1. The van der Waals surface area contributed by atoms with E-state index in [4.69, 9.17) is 5.11 Å². The van der Waals surface area contributed by atoms with E-state index in [1.807, 2.05) is 32.0 Å². The molecule has 1 amide bonds. The Labute approximate surface area is 129 Å². The van der Waals surface area contributed by atoms with Crippen molar-refractivity contribution in [3.05, 3.63) is 65.2 Å². The summed E-state index contributed by atoms with van der Waals surface area (Å²) in [6.45, 7) is 3.85. The number of rotatable bonds is 5. The third-order valence-corrected chi connectivity index (χ3v) is 3.49. The van der Waals surface area contributed by atoms with Crippen LogP contribution in [-0.4, -0.2) is 17.0 Å². The third-order valence-electron chi connectivity index (χ3n) is 3.49. The number of para-hydroxylation sites is 1. The maximum atomic E-state index is 12.3. The Morgan fingerprint density at radius 3 is 2.55 bits per heavy atom. The number of anilines is 1. The third kappa shape index (κ3) is 3.95. The molecule has 0 fully saturated rings. The van der Waals surface area contributed by atoms with Crippen molar-refractivity contribution in [3.8, 4) is 0 Å². The molecule has 22 heavy (non-hydrogen) atoms. The zero-order valence-electron chi connectivity index (χ0n) is 12.7. The van der Waals surface area contributed by atoms with Gasteiger partial charge in [-0.2, -0.15) is 0 Å². The van der Waals surface area contributed by atoms with Crippen LogP contribution in [0.2, 0.25) is 0 Å². The molecular weight excluding hydrogens is 278 g/mol. The van der Waals surface area contributed by atoms with Gasteiger partial charge < -0.3 is 10.4 Å².